The van der Waals surface area contributed by atoms with Crippen LogP contribution in [0.3, 0.4) is 0 Å². The smallest absolute Gasteiger partial charge is 0.146 e. The molecule has 0 bridgehead atoms. The van der Waals surface area contributed by atoms with Crippen LogP contribution in [-0.4, -0.2) is 34.0 Å². The largest absolute Gasteiger partial charge is 0.381 e. The monoisotopic (exact) mass is 210 g/mol. The second-order valence-electron chi connectivity index (χ2n) is 3.99. The van der Waals surface area contributed by atoms with Crippen molar-refractivity contribution in [2.75, 3.05) is 13.2 Å². The summed E-state index contributed by atoms with van der Waals surface area (Å²) in [4.78, 5) is 0. The third-order valence-electron chi connectivity index (χ3n) is 2.95. The van der Waals surface area contributed by atoms with Crippen LogP contribution in [-0.2, 0) is 18.3 Å². The second-order valence-corrected chi connectivity index (χ2v) is 3.99. The van der Waals surface area contributed by atoms with Gasteiger partial charge in [0, 0.05) is 26.3 Å². The quantitative estimate of drug-likeness (QED) is 0.784. The van der Waals surface area contributed by atoms with Crippen LogP contribution in [0.4, 0.5) is 0 Å². The fourth-order valence-electron chi connectivity index (χ4n) is 1.74. The van der Waals surface area contributed by atoms with E-state index in [1.807, 2.05) is 18.5 Å². The summed E-state index contributed by atoms with van der Waals surface area (Å²) in [6.45, 7) is 4.50. The minimum absolute atomic E-state index is 0.566. The van der Waals surface area contributed by atoms with E-state index in [0.717, 1.165) is 44.2 Å². The molecule has 1 aromatic rings. The Balaban J connectivity index is 1.84. The lowest BCUT2D eigenvalue weighted by Gasteiger charge is -2.22. The lowest BCUT2D eigenvalue weighted by atomic mass is 10.1. The van der Waals surface area contributed by atoms with Crippen molar-refractivity contribution in [2.45, 2.75) is 32.4 Å². The Bertz CT molecular complexity index is 317. The van der Waals surface area contributed by atoms with Crippen LogP contribution >= 0.6 is 0 Å². The molecular weight excluding hydrogens is 192 g/mol. The molecule has 1 N–H and O–H groups in total. The molecule has 1 fully saturated rings. The minimum Gasteiger partial charge on any atom is -0.381 e. The van der Waals surface area contributed by atoms with Gasteiger partial charge in [-0.15, -0.1) is 10.2 Å². The third-order valence-corrected chi connectivity index (χ3v) is 2.95. The van der Waals surface area contributed by atoms with E-state index in [1.165, 1.54) is 0 Å². The van der Waals surface area contributed by atoms with E-state index >= 15 is 0 Å². The molecule has 2 heterocycles. The maximum atomic E-state index is 5.31. The molecular formula is C10H18N4O. The van der Waals surface area contributed by atoms with E-state index in [2.05, 4.69) is 15.5 Å². The number of hydrogen-bond acceptors (Lipinski definition) is 4. The van der Waals surface area contributed by atoms with Crippen LogP contribution in [0.15, 0.2) is 0 Å². The first kappa shape index (κ1) is 10.6. The number of hydrogen-bond donors (Lipinski definition) is 1. The zero-order valence-corrected chi connectivity index (χ0v) is 9.36. The molecule has 0 amide bonds. The molecule has 0 saturated carbocycles. The van der Waals surface area contributed by atoms with Crippen molar-refractivity contribution in [3.63, 3.8) is 0 Å². The van der Waals surface area contributed by atoms with Gasteiger partial charge in [0.25, 0.3) is 0 Å². The van der Waals surface area contributed by atoms with Gasteiger partial charge < -0.3 is 14.6 Å². The van der Waals surface area contributed by atoms with Gasteiger partial charge in [0.1, 0.15) is 11.6 Å². The summed E-state index contributed by atoms with van der Waals surface area (Å²) in [5, 5.41) is 11.6. The van der Waals surface area contributed by atoms with Crippen LogP contribution in [0.2, 0.25) is 0 Å². The number of aromatic nitrogens is 3. The molecule has 0 unspecified atom stereocenters. The number of nitrogens with one attached hydrogen (secondary N) is 1. The third kappa shape index (κ3) is 2.54. The van der Waals surface area contributed by atoms with Crippen molar-refractivity contribution in [3.05, 3.63) is 11.6 Å². The highest BCUT2D eigenvalue weighted by molar-refractivity contribution is 4.92. The molecule has 0 atom stereocenters. The van der Waals surface area contributed by atoms with Crippen LogP contribution in [0.1, 0.15) is 24.5 Å². The van der Waals surface area contributed by atoms with E-state index in [1.54, 1.807) is 0 Å². The molecule has 0 spiro atoms. The molecule has 1 aliphatic heterocycles. The van der Waals surface area contributed by atoms with Crippen molar-refractivity contribution in [2.24, 2.45) is 7.05 Å². The Kier molecular flexibility index (Phi) is 3.33. The van der Waals surface area contributed by atoms with Crippen molar-refractivity contribution >= 4 is 0 Å². The second kappa shape index (κ2) is 4.72. The topological polar surface area (TPSA) is 52.0 Å². The average molecular weight is 210 g/mol. The average Bonchev–Trinajstić information content (AvgIpc) is 2.59. The summed E-state index contributed by atoms with van der Waals surface area (Å²) in [5.74, 6) is 1.96. The van der Waals surface area contributed by atoms with E-state index in [-0.39, 0.29) is 0 Å². The number of rotatable bonds is 3. The SMILES string of the molecule is Cc1nnc(CNC2CCOCC2)n1C. The van der Waals surface area contributed by atoms with Gasteiger partial charge in [-0.2, -0.15) is 0 Å². The van der Waals surface area contributed by atoms with Crippen LogP contribution in [0.5, 0.6) is 0 Å². The summed E-state index contributed by atoms with van der Waals surface area (Å²) in [6.07, 6.45) is 2.19. The summed E-state index contributed by atoms with van der Waals surface area (Å²) in [5.41, 5.74) is 0. The predicted molar refractivity (Wildman–Crippen MR) is 56.4 cm³/mol. The van der Waals surface area contributed by atoms with Crippen LogP contribution in [0.25, 0.3) is 0 Å². The van der Waals surface area contributed by atoms with Gasteiger partial charge in [-0.3, -0.25) is 0 Å². The summed E-state index contributed by atoms with van der Waals surface area (Å²) in [6, 6.07) is 0.566. The summed E-state index contributed by atoms with van der Waals surface area (Å²) >= 11 is 0. The molecule has 5 heteroatoms. The molecule has 0 aromatic carbocycles. The van der Waals surface area contributed by atoms with Gasteiger partial charge in [0.2, 0.25) is 0 Å². The lowest BCUT2D eigenvalue weighted by molar-refractivity contribution is 0.0773. The molecule has 15 heavy (non-hydrogen) atoms. The fourth-order valence-corrected chi connectivity index (χ4v) is 1.74. The van der Waals surface area contributed by atoms with Gasteiger partial charge in [-0.25, -0.2) is 0 Å². The summed E-state index contributed by atoms with van der Waals surface area (Å²) in [7, 11) is 2.00. The molecule has 0 radical (unpaired) electrons. The Morgan fingerprint density at radius 2 is 2.13 bits per heavy atom. The van der Waals surface area contributed by atoms with E-state index in [0.29, 0.717) is 6.04 Å². The highest BCUT2D eigenvalue weighted by atomic mass is 16.5. The van der Waals surface area contributed by atoms with Crippen molar-refractivity contribution in [1.82, 2.24) is 20.1 Å². The zero-order chi connectivity index (χ0) is 10.7. The summed E-state index contributed by atoms with van der Waals surface area (Å²) < 4.78 is 7.33. The predicted octanol–water partition coefficient (Wildman–Crippen LogP) is 0.392. The number of aryl methyl sites for hydroxylation is 1. The van der Waals surface area contributed by atoms with Crippen LogP contribution < -0.4 is 5.32 Å². The van der Waals surface area contributed by atoms with Gasteiger partial charge >= 0.3 is 0 Å². The van der Waals surface area contributed by atoms with Crippen LogP contribution in [0, 0.1) is 6.92 Å². The maximum absolute atomic E-state index is 5.31. The van der Waals surface area contributed by atoms with E-state index in [4.69, 9.17) is 4.74 Å². The molecule has 0 aliphatic carbocycles. The van der Waals surface area contributed by atoms with Crippen molar-refractivity contribution in [3.8, 4) is 0 Å². The Labute approximate surface area is 89.8 Å². The van der Waals surface area contributed by atoms with E-state index < -0.39 is 0 Å². The van der Waals surface area contributed by atoms with E-state index in [9.17, 15) is 0 Å². The maximum Gasteiger partial charge on any atom is 0.146 e. The fraction of sp³-hybridized carbons (Fsp3) is 0.800. The first-order valence-corrected chi connectivity index (χ1v) is 5.43. The number of ether oxygens (including phenoxy) is 1. The van der Waals surface area contributed by atoms with Crippen molar-refractivity contribution < 1.29 is 4.74 Å². The molecule has 1 aromatic heterocycles. The molecule has 1 aliphatic rings. The van der Waals surface area contributed by atoms with Gasteiger partial charge in [0.15, 0.2) is 0 Å². The number of nitrogens with zero attached hydrogens (tertiary/aromatic N) is 3. The Morgan fingerprint density at radius 1 is 1.40 bits per heavy atom. The van der Waals surface area contributed by atoms with Gasteiger partial charge in [0.05, 0.1) is 6.54 Å². The normalized spacial score (nSPS) is 18.3. The highest BCUT2D eigenvalue weighted by Crippen LogP contribution is 2.07. The van der Waals surface area contributed by atoms with Crippen molar-refractivity contribution in [1.29, 1.82) is 0 Å². The highest BCUT2D eigenvalue weighted by Gasteiger charge is 2.14. The standard InChI is InChI=1S/C10H18N4O/c1-8-12-13-10(14(8)2)7-11-9-3-5-15-6-4-9/h9,11H,3-7H2,1-2H3. The van der Waals surface area contributed by atoms with Gasteiger partial charge in [-0.05, 0) is 19.8 Å². The Morgan fingerprint density at radius 3 is 2.73 bits per heavy atom. The first-order valence-electron chi connectivity index (χ1n) is 5.43. The first-order chi connectivity index (χ1) is 7.27. The molecule has 2 rings (SSSR count). The Hall–Kier alpha value is -0.940. The minimum atomic E-state index is 0.566. The molecule has 84 valence electrons. The molecule has 5 nitrogen and oxygen atoms in total. The van der Waals surface area contributed by atoms with Gasteiger partial charge in [-0.1, -0.05) is 0 Å². The molecule has 1 saturated heterocycles. The zero-order valence-electron chi connectivity index (χ0n) is 9.36. The lowest BCUT2D eigenvalue weighted by Crippen LogP contribution is -2.34.